The fraction of sp³-hybridized carbons (Fsp3) is 0.547. The SMILES string of the molecule is C.C.C.C.C#CC(O)(CCC)CCC.CCCC(O)(C#Cc1cccc(S(=O)(=O)CCCC(=O)C(F)(F)F)c1)CCC.CCCC(O)(C#Cc1cccc(S(=O)(=O)CCN)c1)CCC.CCO.O=C(CCCS(=O)(=O)c1cccc(Br)c1)C(F)(F)F.O=C(CCCSc1cccc(Br)c1)C(F)(F)F.O=CO[O-].[H-].[K+].[K+]. The standard InChI is InChI=1S/C20H25F3O4S.C17H25NO3S.C11H10BrF3O3S.C11H10BrF3OS.C9H16O.C2H6O.CH2O3.4CH4.2K.H/c1-3-11-19(25,12-4-2)13-10-16-7-5-8-17(15-16)28(26,27)14-6-9-18(24)20(21,22)23;1-3-9-17(19,10-4-2)11-8-15-6-5-7-16(14-15)22(20,21)13-12-18;12-8-3-1-4-9(7-8)19(17,18)6-2-5-10(16)11(13,14)15;12-8-3-1-4-9(7-8)17-6-2-5-10(16)11(13,14)15;1-4-7-9(10,6-3)8-5-2;1-2-3;2-1-4-3;;;;;;;/h5,7-8,15,25H,3-4,6,9,11-12,14H2,1-2H3;5-7,14,19H,3-4,9-10,12-13,18H2,1-2H3;1,3-4,7H,2,5-6H2;1,3-4,7H,2,5-6H2;3,10H,4-5,7-8H2,1-2H3;3H,2H2,1H3;1,3H;4*1H4;;;/q;;;;;;;;;;;2*+1;-1/p-1. The summed E-state index contributed by atoms with van der Waals surface area (Å²) in [6.07, 6.45) is -3.31. The van der Waals surface area contributed by atoms with E-state index in [1.165, 1.54) is 54.2 Å². The third-order valence-corrected chi connectivity index (χ3v) is 20.7. The van der Waals surface area contributed by atoms with E-state index in [-0.39, 0.29) is 187 Å². The molecule has 4 aromatic rings. The number of benzene rings is 4. The van der Waals surface area contributed by atoms with Crippen LogP contribution in [0, 0.1) is 36.0 Å². The van der Waals surface area contributed by atoms with Crippen LogP contribution in [0.5, 0.6) is 0 Å². The number of alkyl halides is 9. The van der Waals surface area contributed by atoms with Gasteiger partial charge in [0.15, 0.2) is 29.5 Å². The Bertz CT molecular complexity index is 3700. The Kier molecular flexibility index (Phi) is 75.2. The Labute approximate surface area is 750 Å². The molecule has 0 saturated carbocycles. The summed E-state index contributed by atoms with van der Waals surface area (Å²) >= 11 is 7.85. The van der Waals surface area contributed by atoms with Crippen LogP contribution in [0.15, 0.2) is 126 Å². The number of carbonyl (C=O) groups excluding carboxylic acids is 4. The van der Waals surface area contributed by atoms with Crippen LogP contribution in [0.4, 0.5) is 39.5 Å². The molecule has 0 aliphatic rings. The summed E-state index contributed by atoms with van der Waals surface area (Å²) in [4.78, 5) is 44.4. The molecule has 0 fully saturated rings. The minimum Gasteiger partial charge on any atom is -1.00 e. The summed E-state index contributed by atoms with van der Waals surface area (Å²) < 4.78 is 182. The van der Waals surface area contributed by atoms with E-state index in [4.69, 9.17) is 27.3 Å². The smallest absolute Gasteiger partial charge is 1.00 e. The Hall–Kier alpha value is -2.40. The summed E-state index contributed by atoms with van der Waals surface area (Å²) in [5, 5.41) is 46.6. The van der Waals surface area contributed by atoms with Crippen molar-refractivity contribution in [3.63, 3.8) is 0 Å². The number of terminal acetylenes is 1. The first kappa shape index (κ1) is 125. The predicted octanol–water partition coefficient (Wildman–Crippen LogP) is 10.8. The van der Waals surface area contributed by atoms with Crippen LogP contribution in [0.2, 0.25) is 0 Å². The second kappa shape index (κ2) is 65.7. The molecular weight excluding hydrogens is 1710 g/mol. The van der Waals surface area contributed by atoms with Crippen molar-refractivity contribution in [3.8, 4) is 36.0 Å². The monoisotopic (exact) mass is 1820 g/mol. The van der Waals surface area contributed by atoms with E-state index in [0.29, 0.717) is 47.0 Å². The summed E-state index contributed by atoms with van der Waals surface area (Å²) in [7, 11) is -10.9. The maximum Gasteiger partial charge on any atom is 1.00 e. The van der Waals surface area contributed by atoms with E-state index >= 15 is 0 Å². The fourth-order valence-corrected chi connectivity index (χ4v) is 14.4. The third kappa shape index (κ3) is 59.0. The number of aliphatic hydroxyl groups is 4. The molecule has 0 heterocycles. The van der Waals surface area contributed by atoms with Crippen molar-refractivity contribution in [2.75, 3.05) is 36.2 Å². The van der Waals surface area contributed by atoms with Crippen molar-refractivity contribution in [2.24, 2.45) is 5.73 Å². The number of thioether (sulfide) groups is 1. The Balaban J connectivity index is -0.000000140. The Morgan fingerprint density at radius 3 is 1.09 bits per heavy atom. The molecule has 0 aliphatic carbocycles. The molecule has 4 aromatic carbocycles. The van der Waals surface area contributed by atoms with Crippen molar-refractivity contribution in [1.82, 2.24) is 0 Å². The number of nitrogens with two attached hydrogens (primary N) is 1. The number of hydrogen-bond acceptors (Lipinski definition) is 18. The van der Waals surface area contributed by atoms with Crippen molar-refractivity contribution < 1.29 is 219 Å². The van der Waals surface area contributed by atoms with Crippen LogP contribution in [0.1, 0.15) is 206 Å². The number of halogens is 11. The summed E-state index contributed by atoms with van der Waals surface area (Å²) in [5.41, 5.74) is 3.33. The molecule has 0 unspecified atom stereocenters. The van der Waals surface area contributed by atoms with Gasteiger partial charge in [0.25, 0.3) is 6.47 Å². The molecule has 0 radical (unpaired) electrons. The normalized spacial score (nSPS) is 10.9. The van der Waals surface area contributed by atoms with Gasteiger partial charge in [0.2, 0.25) is 17.3 Å². The molecule has 4 rings (SSSR count). The van der Waals surface area contributed by atoms with Gasteiger partial charge in [-0.2, -0.15) is 39.5 Å². The number of Topliss-reactive ketones (excluding diaryl/α,β-unsaturated/α-hetero) is 3. The van der Waals surface area contributed by atoms with Gasteiger partial charge in [-0.05, 0) is 143 Å². The second-order valence-corrected chi connectivity index (χ2v) is 31.7. The molecule has 0 aromatic heterocycles. The average Bonchev–Trinajstić information content (AvgIpc) is 0.842. The predicted molar refractivity (Wildman–Crippen MR) is 413 cm³/mol. The van der Waals surface area contributed by atoms with E-state index in [0.717, 1.165) is 60.7 Å². The number of hydrogen-bond donors (Lipinski definition) is 5. The minimum atomic E-state index is -4.95. The Morgan fingerprint density at radius 1 is 0.523 bits per heavy atom. The van der Waals surface area contributed by atoms with Gasteiger partial charge in [0.05, 0.1) is 31.9 Å². The molecule has 109 heavy (non-hydrogen) atoms. The quantitative estimate of drug-likeness (QED) is 0.00457. The van der Waals surface area contributed by atoms with Crippen LogP contribution in [-0.2, 0) is 53.6 Å². The zero-order valence-corrected chi connectivity index (χ0v) is 73.1. The first-order chi connectivity index (χ1) is 47.8. The van der Waals surface area contributed by atoms with E-state index in [1.807, 2.05) is 65.8 Å². The van der Waals surface area contributed by atoms with Gasteiger partial charge in [-0.3, -0.25) is 19.2 Å². The van der Waals surface area contributed by atoms with Gasteiger partial charge >= 0.3 is 121 Å². The molecule has 17 nitrogen and oxygen atoms in total. The van der Waals surface area contributed by atoms with Crippen LogP contribution in [-0.4, -0.2) is 141 Å². The summed E-state index contributed by atoms with van der Waals surface area (Å²) in [5.74, 6) is 7.73. The molecular formula is C75H110Br2F9K2NO16S4. The van der Waals surface area contributed by atoms with Crippen LogP contribution >= 0.6 is 43.6 Å². The molecule has 6 N–H and O–H groups in total. The zero-order chi connectivity index (χ0) is 79.8. The number of ketones is 3. The van der Waals surface area contributed by atoms with E-state index in [9.17, 15) is 94.5 Å². The number of sulfone groups is 3. The van der Waals surface area contributed by atoms with Crippen molar-refractivity contribution in [3.05, 3.63) is 117 Å². The molecule has 0 saturated heterocycles. The largest absolute Gasteiger partial charge is 1.00 e. The maximum atomic E-state index is 12.3. The molecule has 0 bridgehead atoms. The number of aliphatic hydroxyl groups excluding tert-OH is 1. The fourth-order valence-electron chi connectivity index (χ4n) is 8.58. The molecule has 0 aliphatic heterocycles. The van der Waals surface area contributed by atoms with Crippen molar-refractivity contribution in [1.29, 1.82) is 0 Å². The van der Waals surface area contributed by atoms with Crippen LogP contribution in [0.3, 0.4) is 0 Å². The maximum absolute atomic E-state index is 12.3. The number of rotatable bonds is 31. The second-order valence-electron chi connectivity index (χ2n) is 22.4. The summed E-state index contributed by atoms with van der Waals surface area (Å²) in [6, 6.07) is 25.6. The van der Waals surface area contributed by atoms with Crippen molar-refractivity contribution >= 4 is 97.0 Å². The van der Waals surface area contributed by atoms with Gasteiger partial charge in [-0.25, -0.2) is 25.3 Å². The summed E-state index contributed by atoms with van der Waals surface area (Å²) in [6.45, 7) is 13.8. The third-order valence-electron chi connectivity index (χ3n) is 13.3. The van der Waals surface area contributed by atoms with Gasteiger partial charge in [-0.1, -0.05) is 196 Å². The van der Waals surface area contributed by atoms with Crippen LogP contribution < -0.4 is 114 Å². The van der Waals surface area contributed by atoms with Gasteiger partial charge in [-0.15, -0.1) is 18.2 Å². The Morgan fingerprint density at radius 2 is 0.807 bits per heavy atom. The molecule has 0 spiro atoms. The zero-order valence-electron chi connectivity index (χ0n) is 61.4. The van der Waals surface area contributed by atoms with Crippen LogP contribution in [0.25, 0.3) is 0 Å². The van der Waals surface area contributed by atoms with Gasteiger partial charge in [0.1, 0.15) is 16.8 Å². The number of carbonyl (C=O) groups is 4. The first-order valence-electron chi connectivity index (χ1n) is 32.4. The van der Waals surface area contributed by atoms with E-state index in [2.05, 4.69) is 66.3 Å². The van der Waals surface area contributed by atoms with Gasteiger partial charge < -0.3 is 37.7 Å². The molecule has 614 valence electrons. The van der Waals surface area contributed by atoms with E-state index in [1.54, 1.807) is 37.3 Å². The average molecular weight is 1820 g/mol. The topological polar surface area (TPSA) is 310 Å². The van der Waals surface area contributed by atoms with E-state index < -0.39 is 119 Å². The molecule has 0 amide bonds. The minimum absolute atomic E-state index is 0. The molecule has 34 heteroatoms. The first-order valence-corrected chi connectivity index (χ1v) is 39.9. The molecule has 0 atom stereocenters. The van der Waals surface area contributed by atoms with Gasteiger partial charge in [0, 0.05) is 57.4 Å². The van der Waals surface area contributed by atoms with Crippen molar-refractivity contribution in [2.45, 2.75) is 249 Å².